The molecule has 0 unspecified atom stereocenters. The Labute approximate surface area is 104 Å². The van der Waals surface area contributed by atoms with Gasteiger partial charge in [0.1, 0.15) is 0 Å². The van der Waals surface area contributed by atoms with Crippen molar-refractivity contribution in [3.8, 4) is 0 Å². The molecule has 0 radical (unpaired) electrons. The number of benzene rings is 1. The minimum atomic E-state index is 0.479. The number of ether oxygens (including phenoxy) is 1. The topological polar surface area (TPSA) is 21.3 Å². The monoisotopic (exact) mass is 233 g/mol. The van der Waals surface area contributed by atoms with E-state index in [1.807, 2.05) is 7.11 Å². The zero-order chi connectivity index (χ0) is 12.3. The number of rotatable bonds is 3. The van der Waals surface area contributed by atoms with E-state index >= 15 is 0 Å². The predicted molar refractivity (Wildman–Crippen MR) is 72.6 cm³/mol. The van der Waals surface area contributed by atoms with Crippen molar-refractivity contribution in [2.24, 2.45) is 0 Å². The van der Waals surface area contributed by atoms with Gasteiger partial charge in [-0.05, 0) is 62.8 Å². The van der Waals surface area contributed by atoms with E-state index in [1.165, 1.54) is 42.5 Å². The first-order valence-corrected chi connectivity index (χ1v) is 6.55. The summed E-state index contributed by atoms with van der Waals surface area (Å²) in [6, 6.07) is 7.29. The zero-order valence-electron chi connectivity index (χ0n) is 11.1. The fourth-order valence-corrected chi connectivity index (χ4v) is 2.74. The predicted octanol–water partition coefficient (Wildman–Crippen LogP) is 3.67. The van der Waals surface area contributed by atoms with Gasteiger partial charge in [-0.2, -0.15) is 0 Å². The molecular weight excluding hydrogens is 210 g/mol. The molecule has 0 aliphatic heterocycles. The van der Waals surface area contributed by atoms with E-state index in [4.69, 9.17) is 4.74 Å². The standard InChI is InChI=1S/C15H23NO/c1-11-8-12(2)10-14(9-11)16-13-4-6-15(17-3)7-5-13/h8-10,13,15-16H,4-7H2,1-3H3. The van der Waals surface area contributed by atoms with Crippen LogP contribution in [0, 0.1) is 13.8 Å². The maximum absolute atomic E-state index is 5.40. The summed E-state index contributed by atoms with van der Waals surface area (Å²) in [4.78, 5) is 0. The summed E-state index contributed by atoms with van der Waals surface area (Å²) in [5.41, 5.74) is 3.93. The Morgan fingerprint density at radius 1 is 1.00 bits per heavy atom. The van der Waals surface area contributed by atoms with E-state index in [-0.39, 0.29) is 0 Å². The minimum Gasteiger partial charge on any atom is -0.382 e. The fourth-order valence-electron chi connectivity index (χ4n) is 2.74. The zero-order valence-corrected chi connectivity index (χ0v) is 11.1. The van der Waals surface area contributed by atoms with Crippen LogP contribution in [0.5, 0.6) is 0 Å². The molecule has 1 aliphatic carbocycles. The van der Waals surface area contributed by atoms with Crippen molar-refractivity contribution in [1.29, 1.82) is 0 Å². The molecule has 1 saturated carbocycles. The summed E-state index contributed by atoms with van der Waals surface area (Å²) in [7, 11) is 1.82. The van der Waals surface area contributed by atoms with E-state index in [1.54, 1.807) is 0 Å². The third kappa shape index (κ3) is 3.47. The lowest BCUT2D eigenvalue weighted by molar-refractivity contribution is 0.0682. The highest BCUT2D eigenvalue weighted by Gasteiger charge is 2.20. The summed E-state index contributed by atoms with van der Waals surface area (Å²) in [6.07, 6.45) is 5.27. The highest BCUT2D eigenvalue weighted by atomic mass is 16.5. The molecule has 0 aromatic heterocycles. The van der Waals surface area contributed by atoms with Crippen molar-refractivity contribution in [2.75, 3.05) is 12.4 Å². The number of hydrogen-bond donors (Lipinski definition) is 1. The van der Waals surface area contributed by atoms with Crippen molar-refractivity contribution < 1.29 is 4.74 Å². The summed E-state index contributed by atoms with van der Waals surface area (Å²) >= 11 is 0. The van der Waals surface area contributed by atoms with E-state index in [9.17, 15) is 0 Å². The van der Waals surface area contributed by atoms with Crippen LogP contribution in [0.15, 0.2) is 18.2 Å². The van der Waals surface area contributed by atoms with Crippen molar-refractivity contribution >= 4 is 5.69 Å². The Morgan fingerprint density at radius 3 is 2.12 bits per heavy atom. The number of aryl methyl sites for hydroxylation is 2. The van der Waals surface area contributed by atoms with Gasteiger partial charge >= 0.3 is 0 Å². The Balaban J connectivity index is 1.93. The molecule has 1 aromatic rings. The molecule has 17 heavy (non-hydrogen) atoms. The highest BCUT2D eigenvalue weighted by Crippen LogP contribution is 2.24. The molecule has 1 fully saturated rings. The average Bonchev–Trinajstić information content (AvgIpc) is 2.28. The summed E-state index contributed by atoms with van der Waals surface area (Å²) in [5, 5.41) is 3.65. The van der Waals surface area contributed by atoms with Gasteiger partial charge in [0, 0.05) is 18.8 Å². The van der Waals surface area contributed by atoms with Crippen molar-refractivity contribution in [3.05, 3.63) is 29.3 Å². The molecule has 2 rings (SSSR count). The molecule has 0 heterocycles. The Kier molecular flexibility index (Phi) is 4.06. The number of methoxy groups -OCH3 is 1. The summed E-state index contributed by atoms with van der Waals surface area (Å²) in [5.74, 6) is 0. The van der Waals surface area contributed by atoms with Gasteiger partial charge in [0.2, 0.25) is 0 Å². The molecule has 0 atom stereocenters. The van der Waals surface area contributed by atoms with E-state index in [0.29, 0.717) is 12.1 Å². The van der Waals surface area contributed by atoms with Crippen LogP contribution in [0.2, 0.25) is 0 Å². The van der Waals surface area contributed by atoms with Gasteiger partial charge in [-0.15, -0.1) is 0 Å². The van der Waals surface area contributed by atoms with Crippen molar-refractivity contribution in [1.82, 2.24) is 0 Å². The summed E-state index contributed by atoms with van der Waals surface area (Å²) in [6.45, 7) is 4.31. The van der Waals surface area contributed by atoms with E-state index in [0.717, 1.165) is 0 Å². The smallest absolute Gasteiger partial charge is 0.0572 e. The minimum absolute atomic E-state index is 0.479. The lowest BCUT2D eigenvalue weighted by atomic mass is 9.92. The van der Waals surface area contributed by atoms with Gasteiger partial charge in [0.15, 0.2) is 0 Å². The van der Waals surface area contributed by atoms with Gasteiger partial charge < -0.3 is 10.1 Å². The number of anilines is 1. The molecule has 1 N–H and O–H groups in total. The quantitative estimate of drug-likeness (QED) is 0.860. The van der Waals surface area contributed by atoms with E-state index in [2.05, 4.69) is 37.4 Å². The molecule has 0 bridgehead atoms. The lowest BCUT2D eigenvalue weighted by Gasteiger charge is -2.29. The molecule has 0 amide bonds. The van der Waals surface area contributed by atoms with Crippen LogP contribution in [0.25, 0.3) is 0 Å². The van der Waals surface area contributed by atoms with Gasteiger partial charge in [0.05, 0.1) is 6.10 Å². The van der Waals surface area contributed by atoms with Crippen LogP contribution in [-0.2, 0) is 4.74 Å². The maximum atomic E-state index is 5.40. The largest absolute Gasteiger partial charge is 0.382 e. The lowest BCUT2D eigenvalue weighted by Crippen LogP contribution is -2.29. The van der Waals surface area contributed by atoms with Crippen LogP contribution in [0.1, 0.15) is 36.8 Å². The fraction of sp³-hybridized carbons (Fsp3) is 0.600. The van der Waals surface area contributed by atoms with Crippen molar-refractivity contribution in [2.45, 2.75) is 51.7 Å². The molecular formula is C15H23NO. The van der Waals surface area contributed by atoms with Gasteiger partial charge in [-0.1, -0.05) is 6.07 Å². The van der Waals surface area contributed by atoms with Crippen LogP contribution in [-0.4, -0.2) is 19.3 Å². The van der Waals surface area contributed by atoms with Gasteiger partial charge in [-0.25, -0.2) is 0 Å². The van der Waals surface area contributed by atoms with E-state index < -0.39 is 0 Å². The number of nitrogens with one attached hydrogen (secondary N) is 1. The van der Waals surface area contributed by atoms with Gasteiger partial charge in [0.25, 0.3) is 0 Å². The Bertz CT molecular complexity index is 347. The first kappa shape index (κ1) is 12.4. The van der Waals surface area contributed by atoms with Crippen LogP contribution >= 0.6 is 0 Å². The molecule has 1 aliphatic rings. The molecule has 0 spiro atoms. The maximum Gasteiger partial charge on any atom is 0.0572 e. The molecule has 94 valence electrons. The van der Waals surface area contributed by atoms with Crippen molar-refractivity contribution in [3.63, 3.8) is 0 Å². The normalized spacial score (nSPS) is 24.6. The SMILES string of the molecule is COC1CCC(Nc2cc(C)cc(C)c2)CC1. The molecule has 0 saturated heterocycles. The molecule has 1 aromatic carbocycles. The third-order valence-corrected chi connectivity index (χ3v) is 3.60. The molecule has 2 nitrogen and oxygen atoms in total. The Hall–Kier alpha value is -1.02. The van der Waals surface area contributed by atoms with Gasteiger partial charge in [-0.3, -0.25) is 0 Å². The summed E-state index contributed by atoms with van der Waals surface area (Å²) < 4.78 is 5.40. The average molecular weight is 233 g/mol. The number of hydrogen-bond acceptors (Lipinski definition) is 2. The second-order valence-electron chi connectivity index (χ2n) is 5.23. The van der Waals surface area contributed by atoms with Crippen LogP contribution < -0.4 is 5.32 Å². The second kappa shape index (κ2) is 5.54. The van der Waals surface area contributed by atoms with Crippen LogP contribution in [0.3, 0.4) is 0 Å². The van der Waals surface area contributed by atoms with Crippen LogP contribution in [0.4, 0.5) is 5.69 Å². The molecule has 2 heteroatoms. The first-order valence-electron chi connectivity index (χ1n) is 6.55. The highest BCUT2D eigenvalue weighted by molar-refractivity contribution is 5.49. The Morgan fingerprint density at radius 2 is 1.59 bits per heavy atom. The first-order chi connectivity index (χ1) is 8.17. The second-order valence-corrected chi connectivity index (χ2v) is 5.23. The third-order valence-electron chi connectivity index (χ3n) is 3.60.